The average Bonchev–Trinajstić information content (AvgIpc) is 2.74. The Kier molecular flexibility index (Phi) is 7.30. The molecule has 0 aliphatic carbocycles. The number of carbonyl (C=O) groups is 1. The third kappa shape index (κ3) is 4.65. The molecule has 30 heavy (non-hydrogen) atoms. The minimum atomic E-state index is -0.745. The van der Waals surface area contributed by atoms with Gasteiger partial charge in [0, 0.05) is 20.6 Å². The number of rotatable bonds is 6. The highest BCUT2D eigenvalue weighted by molar-refractivity contribution is 5.99. The van der Waals surface area contributed by atoms with Gasteiger partial charge in [0.2, 0.25) is 0 Å². The van der Waals surface area contributed by atoms with Crippen LogP contribution in [0.25, 0.3) is 0 Å². The maximum atomic E-state index is 13.3. The first-order chi connectivity index (χ1) is 14.3. The van der Waals surface area contributed by atoms with Crippen molar-refractivity contribution in [3.63, 3.8) is 0 Å². The Bertz CT molecular complexity index is 1120. The second kappa shape index (κ2) is 9.69. The summed E-state index contributed by atoms with van der Waals surface area (Å²) in [5.41, 5.74) is -0.662. The largest absolute Gasteiger partial charge is 0.505 e. The average molecular weight is 413 g/mol. The zero-order valence-electron chi connectivity index (χ0n) is 17.2. The number of benzene rings is 2. The zero-order valence-corrected chi connectivity index (χ0v) is 17.2. The lowest BCUT2D eigenvalue weighted by atomic mass is 10.1. The van der Waals surface area contributed by atoms with E-state index >= 15 is 0 Å². The SMILES string of the molecule is CC.CN(C)C(=O)c1cccc(Nc2c(NCc3cccc(F)c3)c(=O)c2=O)c1O. The number of anilines is 3. The molecule has 0 unspecified atom stereocenters. The number of hydrogen-bond donors (Lipinski definition) is 3. The normalized spacial score (nSPS) is 10.2. The van der Waals surface area contributed by atoms with Crippen LogP contribution in [-0.4, -0.2) is 30.0 Å². The van der Waals surface area contributed by atoms with Crippen molar-refractivity contribution < 1.29 is 14.3 Å². The number of phenols is 1. The first kappa shape index (κ1) is 22.6. The number of carbonyl (C=O) groups excluding carboxylic acids is 1. The molecule has 0 atom stereocenters. The molecule has 0 aliphatic heterocycles. The monoisotopic (exact) mass is 413 g/mol. The zero-order chi connectivity index (χ0) is 22.4. The molecule has 0 aliphatic rings. The third-order valence-electron chi connectivity index (χ3n) is 4.20. The maximum absolute atomic E-state index is 13.3. The summed E-state index contributed by atoms with van der Waals surface area (Å²) in [7, 11) is 3.10. The molecule has 3 aromatic carbocycles. The van der Waals surface area contributed by atoms with Gasteiger partial charge in [0.15, 0.2) is 5.75 Å². The molecule has 0 aromatic heterocycles. The Hall–Kier alpha value is -3.68. The number of halogens is 1. The fraction of sp³-hybridized carbons (Fsp3) is 0.227. The molecule has 0 saturated heterocycles. The number of hydrogen-bond acceptors (Lipinski definition) is 6. The van der Waals surface area contributed by atoms with Gasteiger partial charge in [-0.05, 0) is 29.8 Å². The molecule has 3 N–H and O–H groups in total. The molecule has 1 amide bonds. The molecule has 158 valence electrons. The Morgan fingerprint density at radius 3 is 2.30 bits per heavy atom. The highest BCUT2D eigenvalue weighted by Gasteiger charge is 2.23. The molecule has 0 radical (unpaired) electrons. The van der Waals surface area contributed by atoms with Gasteiger partial charge in [0.1, 0.15) is 17.2 Å². The van der Waals surface area contributed by atoms with Crippen molar-refractivity contribution in [2.24, 2.45) is 0 Å². The molecule has 3 rings (SSSR count). The Balaban J connectivity index is 0.00000155. The smallest absolute Gasteiger partial charge is 0.257 e. The van der Waals surface area contributed by atoms with Crippen molar-refractivity contribution in [1.82, 2.24) is 4.90 Å². The Morgan fingerprint density at radius 2 is 1.67 bits per heavy atom. The predicted octanol–water partition coefficient (Wildman–Crippen LogP) is 3.21. The fourth-order valence-corrected chi connectivity index (χ4v) is 2.71. The summed E-state index contributed by atoms with van der Waals surface area (Å²) < 4.78 is 13.3. The van der Waals surface area contributed by atoms with Gasteiger partial charge in [-0.25, -0.2) is 4.39 Å². The quantitative estimate of drug-likeness (QED) is 0.424. The van der Waals surface area contributed by atoms with E-state index in [0.717, 1.165) is 0 Å². The van der Waals surface area contributed by atoms with Crippen molar-refractivity contribution in [2.75, 3.05) is 24.7 Å². The van der Waals surface area contributed by atoms with E-state index in [1.165, 1.54) is 29.2 Å². The highest BCUT2D eigenvalue weighted by Crippen LogP contribution is 2.32. The summed E-state index contributed by atoms with van der Waals surface area (Å²) in [5, 5.41) is 15.9. The van der Waals surface area contributed by atoms with E-state index in [0.29, 0.717) is 5.56 Å². The number of nitrogens with one attached hydrogen (secondary N) is 2. The van der Waals surface area contributed by atoms with Gasteiger partial charge in [-0.2, -0.15) is 0 Å². The lowest BCUT2D eigenvalue weighted by Crippen LogP contribution is -2.36. The molecule has 8 heteroatoms. The minimum absolute atomic E-state index is 0.0221. The lowest BCUT2D eigenvalue weighted by Gasteiger charge is -2.17. The second-order valence-electron chi connectivity index (χ2n) is 6.42. The van der Waals surface area contributed by atoms with Crippen LogP contribution in [0.2, 0.25) is 0 Å². The molecule has 0 fully saturated rings. The summed E-state index contributed by atoms with van der Waals surface area (Å²) in [4.78, 5) is 37.3. The Labute approximate surface area is 173 Å². The van der Waals surface area contributed by atoms with Crippen LogP contribution in [-0.2, 0) is 6.54 Å². The van der Waals surface area contributed by atoms with Crippen molar-refractivity contribution in [2.45, 2.75) is 20.4 Å². The van der Waals surface area contributed by atoms with Gasteiger partial charge < -0.3 is 20.6 Å². The van der Waals surface area contributed by atoms with Crippen LogP contribution in [0.15, 0.2) is 52.1 Å². The van der Waals surface area contributed by atoms with Crippen LogP contribution >= 0.6 is 0 Å². The summed E-state index contributed by atoms with van der Waals surface area (Å²) in [6.45, 7) is 4.14. The standard InChI is InChI=1S/C20H18FN3O4.C2H6/c1-24(2)20(28)13-7-4-8-14(17(13)25)23-16-15(18(26)19(16)27)22-10-11-5-3-6-12(21)9-11;1-2/h3-9,22-23,25H,10H2,1-2H3;1-2H3. The van der Waals surface area contributed by atoms with E-state index in [9.17, 15) is 23.9 Å². The topological polar surface area (TPSA) is 98.7 Å². The molecule has 0 saturated carbocycles. The number of para-hydroxylation sites is 1. The van der Waals surface area contributed by atoms with Crippen LogP contribution < -0.4 is 21.5 Å². The summed E-state index contributed by atoms with van der Waals surface area (Å²) in [5.74, 6) is -1.14. The predicted molar refractivity (Wildman–Crippen MR) is 116 cm³/mol. The molecule has 0 heterocycles. The molecule has 7 nitrogen and oxygen atoms in total. The molecular weight excluding hydrogens is 389 g/mol. The van der Waals surface area contributed by atoms with E-state index in [4.69, 9.17) is 0 Å². The second-order valence-corrected chi connectivity index (χ2v) is 6.42. The maximum Gasteiger partial charge on any atom is 0.257 e. The van der Waals surface area contributed by atoms with Crippen molar-refractivity contribution in [3.8, 4) is 5.75 Å². The summed E-state index contributed by atoms with van der Waals surface area (Å²) in [6, 6.07) is 10.3. The van der Waals surface area contributed by atoms with Gasteiger partial charge in [-0.15, -0.1) is 0 Å². The number of phenolic OH excluding ortho intramolecular Hbond substituents is 1. The molecule has 3 aromatic rings. The summed E-state index contributed by atoms with van der Waals surface area (Å²) in [6.07, 6.45) is 0. The third-order valence-corrected chi connectivity index (χ3v) is 4.20. The first-order valence-corrected chi connectivity index (χ1v) is 9.42. The van der Waals surface area contributed by atoms with E-state index in [1.54, 1.807) is 32.3 Å². The lowest BCUT2D eigenvalue weighted by molar-refractivity contribution is 0.0824. The van der Waals surface area contributed by atoms with Gasteiger partial charge in [-0.3, -0.25) is 14.4 Å². The Morgan fingerprint density at radius 1 is 1.03 bits per heavy atom. The van der Waals surface area contributed by atoms with Crippen molar-refractivity contribution >= 4 is 23.0 Å². The van der Waals surface area contributed by atoms with Crippen LogP contribution in [0.4, 0.5) is 21.5 Å². The van der Waals surface area contributed by atoms with E-state index < -0.39 is 22.6 Å². The van der Waals surface area contributed by atoms with Crippen LogP contribution in [0.1, 0.15) is 29.8 Å². The first-order valence-electron chi connectivity index (χ1n) is 9.42. The van der Waals surface area contributed by atoms with Crippen LogP contribution in [0.3, 0.4) is 0 Å². The summed E-state index contributed by atoms with van der Waals surface area (Å²) >= 11 is 0. The van der Waals surface area contributed by atoms with E-state index in [2.05, 4.69) is 10.6 Å². The fourth-order valence-electron chi connectivity index (χ4n) is 2.71. The number of amides is 1. The molecular formula is C22H24FN3O4. The van der Waals surface area contributed by atoms with Crippen LogP contribution in [0, 0.1) is 5.82 Å². The number of aromatic hydroxyl groups is 1. The van der Waals surface area contributed by atoms with Gasteiger partial charge in [-0.1, -0.05) is 32.0 Å². The van der Waals surface area contributed by atoms with Crippen LogP contribution in [0.5, 0.6) is 5.75 Å². The van der Waals surface area contributed by atoms with E-state index in [-0.39, 0.29) is 34.9 Å². The van der Waals surface area contributed by atoms with Gasteiger partial charge >= 0.3 is 0 Å². The van der Waals surface area contributed by atoms with Crippen molar-refractivity contribution in [3.05, 3.63) is 79.9 Å². The van der Waals surface area contributed by atoms with Gasteiger partial charge in [0.05, 0.1) is 11.3 Å². The van der Waals surface area contributed by atoms with E-state index in [1.807, 2.05) is 13.8 Å². The molecule has 0 spiro atoms. The highest BCUT2D eigenvalue weighted by atomic mass is 19.1. The molecule has 0 bridgehead atoms. The number of nitrogens with zero attached hydrogens (tertiary/aromatic N) is 1. The van der Waals surface area contributed by atoms with Crippen molar-refractivity contribution in [1.29, 1.82) is 0 Å². The van der Waals surface area contributed by atoms with Gasteiger partial charge in [0.25, 0.3) is 16.8 Å². The minimum Gasteiger partial charge on any atom is -0.505 e.